The minimum Gasteiger partial charge on any atom is -0.359 e. The molecule has 1 saturated heterocycles. The fraction of sp³-hybridized carbons (Fsp3) is 0.727. The third-order valence-electron chi connectivity index (χ3n) is 2.91. The molecule has 1 aromatic rings. The Bertz CT molecular complexity index is 528. The highest BCUT2D eigenvalue weighted by atomic mass is 19.4. The summed E-state index contributed by atoms with van der Waals surface area (Å²) in [7, 11) is 1.61. The van der Waals surface area contributed by atoms with Crippen molar-refractivity contribution < 1.29 is 22.7 Å². The highest BCUT2D eigenvalue weighted by Crippen LogP contribution is 2.31. The first kappa shape index (κ1) is 15.5. The lowest BCUT2D eigenvalue weighted by Gasteiger charge is -2.42. The van der Waals surface area contributed by atoms with E-state index in [1.807, 2.05) is 0 Å². The molecule has 0 aliphatic carbocycles. The molecule has 2 amide bonds. The number of hydrogen-bond acceptors (Lipinski definition) is 4. The summed E-state index contributed by atoms with van der Waals surface area (Å²) in [5.74, 6) is 0.176. The van der Waals surface area contributed by atoms with E-state index in [1.165, 1.54) is 24.7 Å². The molecule has 0 aromatic carbocycles. The number of aromatic nitrogens is 3. The maximum atomic E-state index is 12.8. The van der Waals surface area contributed by atoms with Crippen LogP contribution >= 0.6 is 0 Å². The first-order chi connectivity index (χ1) is 9.57. The van der Waals surface area contributed by atoms with E-state index in [2.05, 4.69) is 15.6 Å². The molecule has 1 aliphatic heterocycles. The summed E-state index contributed by atoms with van der Waals surface area (Å²) in [4.78, 5) is 13.1. The number of amides is 2. The number of carbonyl (C=O) groups is 1. The molecule has 21 heavy (non-hydrogen) atoms. The predicted molar refractivity (Wildman–Crippen MR) is 66.6 cm³/mol. The van der Waals surface area contributed by atoms with Crippen LogP contribution in [0.15, 0.2) is 6.20 Å². The van der Waals surface area contributed by atoms with Crippen molar-refractivity contribution in [2.75, 3.05) is 18.4 Å². The van der Waals surface area contributed by atoms with Crippen LogP contribution in [0.2, 0.25) is 0 Å². The number of urea groups is 1. The van der Waals surface area contributed by atoms with E-state index < -0.39 is 30.5 Å². The summed E-state index contributed by atoms with van der Waals surface area (Å²) in [6.45, 7) is 2.51. The molecule has 0 radical (unpaired) electrons. The van der Waals surface area contributed by atoms with Gasteiger partial charge < -0.3 is 9.64 Å². The lowest BCUT2D eigenvalue weighted by Crippen LogP contribution is -2.59. The summed E-state index contributed by atoms with van der Waals surface area (Å²) in [5.41, 5.74) is -1.09. The van der Waals surface area contributed by atoms with E-state index in [0.717, 1.165) is 4.90 Å². The Labute approximate surface area is 119 Å². The Morgan fingerprint density at radius 1 is 1.52 bits per heavy atom. The van der Waals surface area contributed by atoms with Gasteiger partial charge in [-0.2, -0.15) is 13.2 Å². The smallest absolute Gasteiger partial charge is 0.359 e. The topological polar surface area (TPSA) is 72.3 Å². The third-order valence-corrected chi connectivity index (χ3v) is 2.91. The standard InChI is InChI=1S/C11H16F3N5O2/c1-10(2)6-19(4-7(21-10)11(12,13)14)9(20)15-8-5-18(3)17-16-8/h5,7H,4,6H2,1-3H3,(H,15,20)/t7-/m1/s1. The number of rotatable bonds is 1. The van der Waals surface area contributed by atoms with Gasteiger partial charge in [0.1, 0.15) is 0 Å². The molecule has 1 aromatic heterocycles. The van der Waals surface area contributed by atoms with Gasteiger partial charge in [0.25, 0.3) is 0 Å². The number of carbonyl (C=O) groups excluding carboxylic acids is 1. The number of ether oxygens (including phenoxy) is 1. The van der Waals surface area contributed by atoms with Gasteiger partial charge in [0.05, 0.1) is 24.9 Å². The third kappa shape index (κ3) is 3.84. The van der Waals surface area contributed by atoms with Crippen LogP contribution in [0.3, 0.4) is 0 Å². The van der Waals surface area contributed by atoms with Gasteiger partial charge in [0, 0.05) is 7.05 Å². The monoisotopic (exact) mass is 307 g/mol. The van der Waals surface area contributed by atoms with Crippen LogP contribution in [0.5, 0.6) is 0 Å². The largest absolute Gasteiger partial charge is 0.416 e. The normalized spacial score (nSPS) is 22.2. The van der Waals surface area contributed by atoms with Crippen molar-refractivity contribution >= 4 is 11.8 Å². The predicted octanol–water partition coefficient (Wildman–Crippen LogP) is 1.39. The Balaban J connectivity index is 2.09. The average Bonchev–Trinajstić information content (AvgIpc) is 2.71. The van der Waals surface area contributed by atoms with Gasteiger partial charge in [-0.1, -0.05) is 5.21 Å². The van der Waals surface area contributed by atoms with Crippen molar-refractivity contribution in [1.29, 1.82) is 0 Å². The molecule has 1 aliphatic rings. The first-order valence-corrected chi connectivity index (χ1v) is 6.24. The molecule has 1 fully saturated rings. The zero-order chi connectivity index (χ0) is 15.8. The van der Waals surface area contributed by atoms with Gasteiger partial charge in [0.2, 0.25) is 0 Å². The van der Waals surface area contributed by atoms with Gasteiger partial charge in [-0.15, -0.1) is 5.10 Å². The van der Waals surface area contributed by atoms with Crippen LogP contribution in [0.4, 0.5) is 23.8 Å². The Morgan fingerprint density at radius 2 is 2.19 bits per heavy atom. The molecule has 1 atom stereocenters. The molecular weight excluding hydrogens is 291 g/mol. The van der Waals surface area contributed by atoms with E-state index in [9.17, 15) is 18.0 Å². The second-order valence-electron chi connectivity index (χ2n) is 5.50. The fourth-order valence-electron chi connectivity index (χ4n) is 2.10. The number of nitrogens with zero attached hydrogens (tertiary/aromatic N) is 4. The van der Waals surface area contributed by atoms with Gasteiger partial charge in [-0.25, -0.2) is 4.79 Å². The SMILES string of the molecule is Cn1cc(NC(=O)N2C[C@H](C(F)(F)F)OC(C)(C)C2)nn1. The molecule has 0 spiro atoms. The second-order valence-corrected chi connectivity index (χ2v) is 5.50. The zero-order valence-electron chi connectivity index (χ0n) is 11.8. The summed E-state index contributed by atoms with van der Waals surface area (Å²) in [6, 6.07) is -0.666. The first-order valence-electron chi connectivity index (χ1n) is 6.24. The van der Waals surface area contributed by atoms with Crippen molar-refractivity contribution in [3.05, 3.63) is 6.20 Å². The van der Waals surface area contributed by atoms with Gasteiger partial charge in [0.15, 0.2) is 11.9 Å². The van der Waals surface area contributed by atoms with Gasteiger partial charge >= 0.3 is 12.2 Å². The number of halogens is 3. The molecule has 0 bridgehead atoms. The van der Waals surface area contributed by atoms with Crippen LogP contribution in [-0.4, -0.2) is 56.9 Å². The maximum absolute atomic E-state index is 12.8. The molecular formula is C11H16F3N5O2. The molecule has 2 heterocycles. The molecule has 10 heteroatoms. The number of nitrogens with one attached hydrogen (secondary N) is 1. The van der Waals surface area contributed by atoms with Crippen LogP contribution in [0, 0.1) is 0 Å². The van der Waals surface area contributed by atoms with Crippen molar-refractivity contribution in [2.24, 2.45) is 7.05 Å². The molecule has 7 nitrogen and oxygen atoms in total. The lowest BCUT2D eigenvalue weighted by molar-refractivity contribution is -0.267. The molecule has 2 rings (SSSR count). The van der Waals surface area contributed by atoms with Crippen LogP contribution in [0.25, 0.3) is 0 Å². The Hall–Kier alpha value is -1.84. The lowest BCUT2D eigenvalue weighted by atomic mass is 10.1. The minimum absolute atomic E-state index is 0.0473. The summed E-state index contributed by atoms with van der Waals surface area (Å²) < 4.78 is 44.9. The van der Waals surface area contributed by atoms with E-state index in [1.54, 1.807) is 7.05 Å². The van der Waals surface area contributed by atoms with Crippen LogP contribution in [-0.2, 0) is 11.8 Å². The molecule has 0 unspecified atom stereocenters. The van der Waals surface area contributed by atoms with Crippen molar-refractivity contribution in [2.45, 2.75) is 31.7 Å². The van der Waals surface area contributed by atoms with Crippen LogP contribution < -0.4 is 5.32 Å². The number of hydrogen-bond donors (Lipinski definition) is 1. The Kier molecular flexibility index (Phi) is 3.83. The molecule has 118 valence electrons. The molecule has 1 N–H and O–H groups in total. The van der Waals surface area contributed by atoms with Crippen molar-refractivity contribution in [3.8, 4) is 0 Å². The van der Waals surface area contributed by atoms with Gasteiger partial charge in [-0.3, -0.25) is 10.00 Å². The van der Waals surface area contributed by atoms with E-state index in [-0.39, 0.29) is 12.4 Å². The van der Waals surface area contributed by atoms with Crippen LogP contribution in [0.1, 0.15) is 13.8 Å². The van der Waals surface area contributed by atoms with E-state index in [0.29, 0.717) is 0 Å². The van der Waals surface area contributed by atoms with Crippen molar-refractivity contribution in [1.82, 2.24) is 19.9 Å². The number of aryl methyl sites for hydroxylation is 1. The second kappa shape index (κ2) is 5.17. The maximum Gasteiger partial charge on any atom is 0.416 e. The van der Waals surface area contributed by atoms with Crippen molar-refractivity contribution in [3.63, 3.8) is 0 Å². The van der Waals surface area contributed by atoms with E-state index in [4.69, 9.17) is 4.74 Å². The number of alkyl halides is 3. The summed E-state index contributed by atoms with van der Waals surface area (Å²) in [6.07, 6.45) is -5.08. The summed E-state index contributed by atoms with van der Waals surface area (Å²) in [5, 5.41) is 9.69. The Morgan fingerprint density at radius 3 is 2.71 bits per heavy atom. The highest BCUT2D eigenvalue weighted by molar-refractivity contribution is 5.88. The molecule has 0 saturated carbocycles. The average molecular weight is 307 g/mol. The zero-order valence-corrected chi connectivity index (χ0v) is 11.8. The highest BCUT2D eigenvalue weighted by Gasteiger charge is 2.49. The fourth-order valence-corrected chi connectivity index (χ4v) is 2.10. The minimum atomic E-state index is -4.53. The summed E-state index contributed by atoms with van der Waals surface area (Å²) >= 11 is 0. The number of morpholine rings is 1. The number of anilines is 1. The van der Waals surface area contributed by atoms with E-state index >= 15 is 0 Å². The van der Waals surface area contributed by atoms with Gasteiger partial charge in [-0.05, 0) is 13.8 Å². The quantitative estimate of drug-likeness (QED) is 0.851.